The molecule has 0 spiro atoms. The molecule has 0 saturated carbocycles. The molecule has 42 heteroatoms. The Kier molecular flexibility index (Phi) is 35.0. The average molecular weight is 1550 g/mol. The molecule has 1 saturated heterocycles. The number of aliphatic carboxylic acids is 1. The molecule has 27 N–H and O–H groups in total. The van der Waals surface area contributed by atoms with E-state index in [-0.39, 0.29) is 61.7 Å². The van der Waals surface area contributed by atoms with Crippen molar-refractivity contribution in [3.63, 3.8) is 0 Å². The van der Waals surface area contributed by atoms with Gasteiger partial charge in [-0.1, -0.05) is 87.8 Å². The van der Waals surface area contributed by atoms with Crippen molar-refractivity contribution in [1.29, 1.82) is 0 Å². The fourth-order valence-electron chi connectivity index (χ4n) is 10.9. The van der Waals surface area contributed by atoms with Gasteiger partial charge in [-0.2, -0.15) is 0 Å². The Labute approximate surface area is 628 Å². The topological polar surface area (TPSA) is 656 Å². The van der Waals surface area contributed by atoms with Gasteiger partial charge in [0.25, 0.3) is 0 Å². The molecular weight excluding hydrogens is 1450 g/mol. The Morgan fingerprint density at radius 2 is 1.14 bits per heavy atom. The third-order valence-electron chi connectivity index (χ3n) is 17.3. The second-order valence-electron chi connectivity index (χ2n) is 26.5. The molecule has 40 nitrogen and oxygen atoms in total. The molecule has 14 amide bonds. The molecule has 3 aromatic heterocycles. The maximum absolute atomic E-state index is 14.9. The number of aliphatic hydroxyl groups excluding tert-OH is 1. The van der Waals surface area contributed by atoms with E-state index in [0.717, 1.165) is 28.5 Å². The SMILES string of the molecule is CC[C@H](C)[C@H](N)C(=O)N[C@H]1CSSC[C@@H](C(=O)N[C@@H](C(N)=O)[C@@H](C)O)NC(=O)[C@H](CCCN=C(N)N)NC(=O)[C@H](Cc2cnc[nH]2)NC(=O)[C@H](Cc2cnc[nH]2)NC(=O)CNC(=O)[C@H](Cc2c[nH]c3ccccc23)NC(=O)[C@H](CC(=O)O)NC(=O)[C@H](CCC(N)=O)NC(=O)[C@H](C(C)C)NC(=O)[C@H](C(C)C)NC1=O. The zero-order chi connectivity index (χ0) is 80.1. The number of carbonyl (C=O) groups excluding carboxylic acids is 14. The summed E-state index contributed by atoms with van der Waals surface area (Å²) in [6.45, 7) is 9.74. The Morgan fingerprint density at radius 1 is 0.620 bits per heavy atom. The Bertz CT molecular complexity index is 3820. The van der Waals surface area contributed by atoms with Crippen LogP contribution in [0, 0.1) is 17.8 Å². The number of aliphatic hydroxyl groups is 1. The monoisotopic (exact) mass is 1550 g/mol. The second-order valence-corrected chi connectivity index (χ2v) is 29.1. The zero-order valence-corrected chi connectivity index (χ0v) is 62.3. The zero-order valence-electron chi connectivity index (χ0n) is 60.7. The molecular formula is C66H99N23O17S2. The number of nitrogens with two attached hydrogens (primary N) is 5. The van der Waals surface area contributed by atoms with Gasteiger partial charge >= 0.3 is 5.97 Å². The van der Waals surface area contributed by atoms with Gasteiger partial charge in [0.15, 0.2) is 5.96 Å². The fraction of sp³-hybridized carbons (Fsp3) is 0.545. The quantitative estimate of drug-likeness (QED) is 0.0127. The lowest BCUT2D eigenvalue weighted by Crippen LogP contribution is -2.62. The summed E-state index contributed by atoms with van der Waals surface area (Å²) < 4.78 is 0. The van der Waals surface area contributed by atoms with E-state index in [1.807, 2.05) is 0 Å². The van der Waals surface area contributed by atoms with Gasteiger partial charge in [0, 0.05) is 84.6 Å². The number of guanidine groups is 1. The summed E-state index contributed by atoms with van der Waals surface area (Å²) in [4.78, 5) is 232. The maximum atomic E-state index is 14.9. The maximum Gasteiger partial charge on any atom is 0.305 e. The largest absolute Gasteiger partial charge is 0.481 e. The number of H-pyrrole nitrogens is 3. The van der Waals surface area contributed by atoms with Crippen molar-refractivity contribution in [2.45, 2.75) is 185 Å². The lowest BCUT2D eigenvalue weighted by Gasteiger charge is -2.30. The Morgan fingerprint density at radius 3 is 1.69 bits per heavy atom. The number of aromatic amines is 3. The highest BCUT2D eigenvalue weighted by Gasteiger charge is 2.39. The average Bonchev–Trinajstić information content (AvgIpc) is 1.65. The van der Waals surface area contributed by atoms with E-state index >= 15 is 0 Å². The number of imidazole rings is 2. The first-order chi connectivity index (χ1) is 51.1. The van der Waals surface area contributed by atoms with Crippen LogP contribution >= 0.6 is 21.6 Å². The molecule has 1 fully saturated rings. The van der Waals surface area contributed by atoms with Crippen LogP contribution in [0.1, 0.15) is 104 Å². The predicted octanol–water partition coefficient (Wildman–Crippen LogP) is -6.17. The number of amides is 14. The number of hydrogen-bond acceptors (Lipinski definition) is 22. The second kappa shape index (κ2) is 43.1. The molecule has 1 aliphatic heterocycles. The highest BCUT2D eigenvalue weighted by atomic mass is 33.1. The van der Waals surface area contributed by atoms with E-state index in [1.165, 1.54) is 45.1 Å². The van der Waals surface area contributed by atoms with Crippen molar-refractivity contribution in [2.24, 2.45) is 51.4 Å². The molecule has 14 atom stereocenters. The molecule has 0 radical (unpaired) electrons. The van der Waals surface area contributed by atoms with Crippen LogP contribution in [0.4, 0.5) is 0 Å². The molecule has 0 unspecified atom stereocenters. The smallest absolute Gasteiger partial charge is 0.305 e. The van der Waals surface area contributed by atoms with Gasteiger partial charge in [-0.3, -0.25) is 76.9 Å². The third-order valence-corrected chi connectivity index (χ3v) is 19.7. The number of benzene rings is 1. The van der Waals surface area contributed by atoms with E-state index in [4.69, 9.17) is 28.7 Å². The van der Waals surface area contributed by atoms with Crippen LogP contribution in [0.2, 0.25) is 0 Å². The van der Waals surface area contributed by atoms with E-state index in [9.17, 15) is 82.1 Å². The predicted molar refractivity (Wildman–Crippen MR) is 394 cm³/mol. The normalized spacial score (nSPS) is 23.2. The summed E-state index contributed by atoms with van der Waals surface area (Å²) >= 11 is 0. The van der Waals surface area contributed by atoms with E-state index in [2.05, 4.69) is 93.7 Å². The molecule has 5 rings (SSSR count). The number of para-hydroxylation sites is 1. The van der Waals surface area contributed by atoms with Crippen LogP contribution in [-0.2, 0) is 91.2 Å². The van der Waals surface area contributed by atoms with Gasteiger partial charge in [-0.25, -0.2) is 9.97 Å². The molecule has 1 aromatic carbocycles. The number of aliphatic imine (C=N–C) groups is 1. The molecule has 4 aromatic rings. The van der Waals surface area contributed by atoms with Crippen LogP contribution in [0.15, 0.2) is 60.5 Å². The van der Waals surface area contributed by atoms with E-state index in [1.54, 1.807) is 52.0 Å². The number of nitrogens with one attached hydrogen (secondary N) is 15. The highest BCUT2D eigenvalue weighted by Crippen LogP contribution is 2.25. The van der Waals surface area contributed by atoms with Gasteiger partial charge in [0.1, 0.15) is 66.5 Å². The first-order valence-electron chi connectivity index (χ1n) is 34.7. The number of hydrogen-bond donors (Lipinski definition) is 22. The van der Waals surface area contributed by atoms with Crippen LogP contribution < -0.4 is 92.5 Å². The van der Waals surface area contributed by atoms with Crippen molar-refractivity contribution in [3.05, 3.63) is 72.5 Å². The van der Waals surface area contributed by atoms with Gasteiger partial charge in [-0.05, 0) is 55.6 Å². The standard InChI is InChI=1S/C66H99N23O17S2/c1-8-32(6)50(68)63(104)86-46-27-108-107-26-45(62(103)89-53(33(7)90)54(69)95)85-56(97)39(14-11-17-74-66(70)71)80-59(100)43(20-36-24-73-29-78-36)83-58(99)42(19-35-23-72-28-77-35)79-48(92)25-76-55(96)41(18-34-22-75-38-13-10-9-12-37(34)38)82-60(101)44(21-49(93)94)84-57(98)40(15-16-47(67)91)81-64(105)51(30(2)3)88-65(106)52(31(4)5)87-61(46)102/h9-10,12-13,22-24,28-33,39-46,50-53,75,90H,8,11,14-21,25-27,68H2,1-7H3,(H2,67,91)(H2,69,95)(H,72,77)(H,73,78)(H,76,96)(H,79,92)(H,80,100)(H,81,105)(H,82,101)(H,83,99)(H,84,98)(H,85,97)(H,86,104)(H,87,102)(H,88,106)(H,89,103)(H,93,94)(H4,70,71,74)/t32-,33+,39-,40-,41-,42-,43-,44-,45-,46-,50-,51-,52-,53+/m0/s1. The fourth-order valence-corrected chi connectivity index (χ4v) is 13.2. The number of primary amides is 2. The van der Waals surface area contributed by atoms with Crippen LogP contribution in [0.5, 0.6) is 0 Å². The minimum atomic E-state index is -2.04. The number of carboxylic acids is 1. The number of carboxylic acid groups (broad SMARTS) is 1. The number of nitrogens with zero attached hydrogens (tertiary/aromatic N) is 3. The van der Waals surface area contributed by atoms with Gasteiger partial charge in [-0.15, -0.1) is 0 Å². The van der Waals surface area contributed by atoms with Crippen molar-refractivity contribution in [2.75, 3.05) is 24.6 Å². The number of aromatic nitrogens is 5. The number of rotatable bonds is 25. The summed E-state index contributed by atoms with van der Waals surface area (Å²) in [5, 5.41) is 51.4. The van der Waals surface area contributed by atoms with Crippen molar-refractivity contribution in [1.82, 2.24) is 88.7 Å². The van der Waals surface area contributed by atoms with Crippen molar-refractivity contribution < 1.29 is 82.1 Å². The van der Waals surface area contributed by atoms with Crippen LogP contribution in [0.3, 0.4) is 0 Å². The molecule has 4 heterocycles. The third kappa shape index (κ3) is 28.1. The molecule has 1 aliphatic rings. The van der Waals surface area contributed by atoms with Crippen LogP contribution in [0.25, 0.3) is 10.9 Å². The molecule has 0 aliphatic carbocycles. The van der Waals surface area contributed by atoms with E-state index in [0.29, 0.717) is 22.9 Å². The highest BCUT2D eigenvalue weighted by molar-refractivity contribution is 8.76. The molecule has 592 valence electrons. The van der Waals surface area contributed by atoms with Gasteiger partial charge in [0.05, 0.1) is 37.8 Å². The van der Waals surface area contributed by atoms with Gasteiger partial charge < -0.3 is 118 Å². The summed E-state index contributed by atoms with van der Waals surface area (Å²) in [5.74, 6) is -19.4. The lowest BCUT2D eigenvalue weighted by atomic mass is 9.98. The minimum Gasteiger partial charge on any atom is -0.481 e. The Balaban J connectivity index is 1.66. The summed E-state index contributed by atoms with van der Waals surface area (Å²) in [6, 6.07) is -12.7. The van der Waals surface area contributed by atoms with Crippen molar-refractivity contribution in [3.8, 4) is 0 Å². The molecule has 0 bridgehead atoms. The van der Waals surface area contributed by atoms with Crippen molar-refractivity contribution >= 4 is 127 Å². The first-order valence-corrected chi connectivity index (χ1v) is 37.2. The van der Waals surface area contributed by atoms with E-state index < -0.39 is 217 Å². The van der Waals surface area contributed by atoms with Crippen LogP contribution in [-0.4, -0.2) is 233 Å². The summed E-state index contributed by atoms with van der Waals surface area (Å²) in [6.07, 6.45) is 2.04. The first kappa shape index (κ1) is 87.8. The minimum absolute atomic E-state index is 0.0154. The van der Waals surface area contributed by atoms with Gasteiger partial charge in [0.2, 0.25) is 82.7 Å². The molecule has 108 heavy (non-hydrogen) atoms. The number of fused-ring (bicyclic) bond motifs is 1. The number of carbonyl (C=O) groups is 15. The summed E-state index contributed by atoms with van der Waals surface area (Å²) in [7, 11) is 1.71. The lowest BCUT2D eigenvalue weighted by molar-refractivity contribution is -0.141. The summed E-state index contributed by atoms with van der Waals surface area (Å²) in [5.41, 5.74) is 30.2. The Hall–Kier alpha value is -10.9.